The first kappa shape index (κ1) is 12.3. The van der Waals surface area contributed by atoms with Crippen molar-refractivity contribution in [3.05, 3.63) is 41.9 Å². The summed E-state index contributed by atoms with van der Waals surface area (Å²) in [7, 11) is 0. The standard InChI is InChI=1S/C12H13N3O3/c1-2-18-12(17)10-6-14-15(7-10)11-4-3-9(8-16)5-13-11/h3-7,16H,2,8H2,1H3. The number of hydrogen-bond donors (Lipinski definition) is 1. The molecule has 0 aromatic carbocycles. The monoisotopic (exact) mass is 247 g/mol. The number of aliphatic hydroxyl groups is 1. The van der Waals surface area contributed by atoms with Crippen molar-refractivity contribution < 1.29 is 14.6 Å². The summed E-state index contributed by atoms with van der Waals surface area (Å²) in [5, 5.41) is 12.9. The molecule has 0 saturated heterocycles. The minimum absolute atomic E-state index is 0.0551. The van der Waals surface area contributed by atoms with Crippen molar-refractivity contribution in [3.63, 3.8) is 0 Å². The Morgan fingerprint density at radius 3 is 2.89 bits per heavy atom. The van der Waals surface area contributed by atoms with E-state index in [2.05, 4.69) is 10.1 Å². The van der Waals surface area contributed by atoms with Crippen LogP contribution < -0.4 is 0 Å². The van der Waals surface area contributed by atoms with E-state index in [0.29, 0.717) is 18.0 Å². The average Bonchev–Trinajstić information content (AvgIpc) is 2.89. The van der Waals surface area contributed by atoms with Gasteiger partial charge in [0.15, 0.2) is 5.82 Å². The van der Waals surface area contributed by atoms with Crippen molar-refractivity contribution in [2.75, 3.05) is 6.61 Å². The highest BCUT2D eigenvalue weighted by atomic mass is 16.5. The van der Waals surface area contributed by atoms with Gasteiger partial charge in [0, 0.05) is 12.4 Å². The summed E-state index contributed by atoms with van der Waals surface area (Å²) in [4.78, 5) is 15.6. The van der Waals surface area contributed by atoms with Crippen LogP contribution in [-0.4, -0.2) is 32.4 Å². The quantitative estimate of drug-likeness (QED) is 0.813. The minimum Gasteiger partial charge on any atom is -0.462 e. The number of carbonyl (C=O) groups excluding carboxylic acids is 1. The number of esters is 1. The van der Waals surface area contributed by atoms with Gasteiger partial charge in [-0.05, 0) is 18.6 Å². The lowest BCUT2D eigenvalue weighted by Crippen LogP contribution is -2.03. The molecule has 2 aromatic rings. The molecule has 0 aliphatic rings. The van der Waals surface area contributed by atoms with Crippen LogP contribution in [0.5, 0.6) is 0 Å². The molecule has 0 bridgehead atoms. The average molecular weight is 247 g/mol. The molecule has 0 saturated carbocycles. The molecule has 0 fully saturated rings. The molecule has 1 N–H and O–H groups in total. The van der Waals surface area contributed by atoms with Crippen LogP contribution in [0, 0.1) is 0 Å². The maximum Gasteiger partial charge on any atom is 0.341 e. The second kappa shape index (κ2) is 5.42. The summed E-state index contributed by atoms with van der Waals surface area (Å²) < 4.78 is 6.35. The summed E-state index contributed by atoms with van der Waals surface area (Å²) in [6.45, 7) is 2.02. The molecule has 0 radical (unpaired) electrons. The number of carbonyl (C=O) groups is 1. The van der Waals surface area contributed by atoms with Gasteiger partial charge < -0.3 is 9.84 Å². The van der Waals surface area contributed by atoms with E-state index in [1.807, 2.05) is 0 Å². The number of pyridine rings is 1. The van der Waals surface area contributed by atoms with Gasteiger partial charge in [0.25, 0.3) is 0 Å². The maximum atomic E-state index is 11.5. The molecular formula is C12H13N3O3. The summed E-state index contributed by atoms with van der Waals surface area (Å²) in [5.74, 6) is 0.165. The van der Waals surface area contributed by atoms with E-state index < -0.39 is 5.97 Å². The van der Waals surface area contributed by atoms with E-state index in [1.165, 1.54) is 10.9 Å². The first-order valence-electron chi connectivity index (χ1n) is 5.52. The highest BCUT2D eigenvalue weighted by Gasteiger charge is 2.10. The molecule has 0 aliphatic carbocycles. The Hall–Kier alpha value is -2.21. The zero-order valence-corrected chi connectivity index (χ0v) is 9.91. The molecule has 0 aliphatic heterocycles. The molecule has 0 atom stereocenters. The zero-order valence-electron chi connectivity index (χ0n) is 9.91. The largest absolute Gasteiger partial charge is 0.462 e. The van der Waals surface area contributed by atoms with Crippen LogP contribution in [0.2, 0.25) is 0 Å². The van der Waals surface area contributed by atoms with Crippen molar-refractivity contribution in [2.45, 2.75) is 13.5 Å². The van der Waals surface area contributed by atoms with Crippen LogP contribution in [-0.2, 0) is 11.3 Å². The van der Waals surface area contributed by atoms with E-state index in [1.54, 1.807) is 31.5 Å². The highest BCUT2D eigenvalue weighted by Crippen LogP contribution is 2.08. The number of aromatic nitrogens is 3. The fraction of sp³-hybridized carbons (Fsp3) is 0.250. The van der Waals surface area contributed by atoms with E-state index in [4.69, 9.17) is 9.84 Å². The topological polar surface area (TPSA) is 77.2 Å². The number of rotatable bonds is 4. The highest BCUT2D eigenvalue weighted by molar-refractivity contribution is 5.88. The molecule has 18 heavy (non-hydrogen) atoms. The van der Waals surface area contributed by atoms with Gasteiger partial charge in [-0.1, -0.05) is 6.07 Å². The van der Waals surface area contributed by atoms with Crippen molar-refractivity contribution in [1.29, 1.82) is 0 Å². The number of aliphatic hydroxyl groups excluding tert-OH is 1. The smallest absolute Gasteiger partial charge is 0.341 e. The molecule has 0 spiro atoms. The lowest BCUT2D eigenvalue weighted by atomic mass is 10.3. The van der Waals surface area contributed by atoms with Gasteiger partial charge in [0.2, 0.25) is 0 Å². The molecule has 0 amide bonds. The van der Waals surface area contributed by atoms with Crippen molar-refractivity contribution >= 4 is 5.97 Å². The predicted octanol–water partition coefficient (Wildman–Crippen LogP) is 0.936. The Bertz CT molecular complexity index is 534. The number of ether oxygens (including phenoxy) is 1. The molecule has 2 aromatic heterocycles. The molecule has 6 nitrogen and oxygen atoms in total. The van der Waals surface area contributed by atoms with Crippen LogP contribution in [0.3, 0.4) is 0 Å². The van der Waals surface area contributed by atoms with E-state index in [9.17, 15) is 4.79 Å². The summed E-state index contributed by atoms with van der Waals surface area (Å²) in [5.41, 5.74) is 1.10. The first-order chi connectivity index (χ1) is 8.74. The molecule has 2 rings (SSSR count). The molecular weight excluding hydrogens is 234 g/mol. The molecule has 2 heterocycles. The lowest BCUT2D eigenvalue weighted by molar-refractivity contribution is 0.0526. The van der Waals surface area contributed by atoms with Gasteiger partial charge in [0.05, 0.1) is 25.0 Å². The van der Waals surface area contributed by atoms with E-state index in [-0.39, 0.29) is 6.61 Å². The van der Waals surface area contributed by atoms with Crippen molar-refractivity contribution in [1.82, 2.24) is 14.8 Å². The van der Waals surface area contributed by atoms with Crippen LogP contribution in [0.4, 0.5) is 0 Å². The first-order valence-corrected chi connectivity index (χ1v) is 5.52. The van der Waals surface area contributed by atoms with Gasteiger partial charge in [-0.2, -0.15) is 5.10 Å². The normalized spacial score (nSPS) is 10.3. The summed E-state index contributed by atoms with van der Waals surface area (Å²) in [6, 6.07) is 3.46. The van der Waals surface area contributed by atoms with E-state index in [0.717, 1.165) is 5.56 Å². The van der Waals surface area contributed by atoms with E-state index >= 15 is 0 Å². The second-order valence-corrected chi connectivity index (χ2v) is 3.58. The third-order valence-electron chi connectivity index (χ3n) is 2.32. The Labute approximate surface area is 104 Å². The predicted molar refractivity (Wildman–Crippen MR) is 63.2 cm³/mol. The van der Waals surface area contributed by atoms with Crippen LogP contribution in [0.25, 0.3) is 5.82 Å². The number of nitrogens with zero attached hydrogens (tertiary/aromatic N) is 3. The van der Waals surface area contributed by atoms with Gasteiger partial charge >= 0.3 is 5.97 Å². The third kappa shape index (κ3) is 2.54. The van der Waals surface area contributed by atoms with Gasteiger partial charge in [-0.25, -0.2) is 14.5 Å². The van der Waals surface area contributed by atoms with Gasteiger partial charge in [0.1, 0.15) is 0 Å². The van der Waals surface area contributed by atoms with Crippen molar-refractivity contribution in [3.8, 4) is 5.82 Å². The lowest BCUT2D eigenvalue weighted by Gasteiger charge is -2.01. The fourth-order valence-corrected chi connectivity index (χ4v) is 1.41. The Balaban J connectivity index is 2.20. The fourth-order valence-electron chi connectivity index (χ4n) is 1.41. The summed E-state index contributed by atoms with van der Waals surface area (Å²) >= 11 is 0. The Morgan fingerprint density at radius 1 is 1.44 bits per heavy atom. The second-order valence-electron chi connectivity index (χ2n) is 3.58. The van der Waals surface area contributed by atoms with Crippen molar-refractivity contribution in [2.24, 2.45) is 0 Å². The number of hydrogen-bond acceptors (Lipinski definition) is 5. The zero-order chi connectivity index (χ0) is 13.0. The molecule has 0 unspecified atom stereocenters. The molecule has 94 valence electrons. The Kier molecular flexibility index (Phi) is 3.69. The van der Waals surface area contributed by atoms with Gasteiger partial charge in [-0.3, -0.25) is 0 Å². The SMILES string of the molecule is CCOC(=O)c1cnn(-c2ccc(CO)cn2)c1. The van der Waals surface area contributed by atoms with Crippen LogP contribution in [0.15, 0.2) is 30.7 Å². The minimum atomic E-state index is -0.407. The molecule has 6 heteroatoms. The van der Waals surface area contributed by atoms with Crippen LogP contribution >= 0.6 is 0 Å². The Morgan fingerprint density at radius 2 is 2.28 bits per heavy atom. The summed E-state index contributed by atoms with van der Waals surface area (Å²) in [6.07, 6.45) is 4.54. The van der Waals surface area contributed by atoms with Crippen LogP contribution in [0.1, 0.15) is 22.8 Å². The third-order valence-corrected chi connectivity index (χ3v) is 2.32. The maximum absolute atomic E-state index is 11.5. The van der Waals surface area contributed by atoms with Gasteiger partial charge in [-0.15, -0.1) is 0 Å².